The number of carboxylic acids is 1. The maximum atomic E-state index is 10.4. The van der Waals surface area contributed by atoms with Crippen molar-refractivity contribution in [3.8, 4) is 0 Å². The van der Waals surface area contributed by atoms with Gasteiger partial charge in [0.15, 0.2) is 0 Å². The molecule has 7 nitrogen and oxygen atoms in total. The van der Waals surface area contributed by atoms with Gasteiger partial charge in [-0.25, -0.2) is 8.37 Å². The normalized spacial score (nSPS) is 12.5. The van der Waals surface area contributed by atoms with Crippen molar-refractivity contribution < 1.29 is 31.8 Å². The zero-order chi connectivity index (χ0) is 23.1. The van der Waals surface area contributed by atoms with Gasteiger partial charge in [-0.15, -0.1) is 0 Å². The topological polar surface area (TPSA) is 110 Å². The maximum absolute atomic E-state index is 10.4. The van der Waals surface area contributed by atoms with E-state index in [1.807, 2.05) is 0 Å². The third-order valence-electron chi connectivity index (χ3n) is 4.25. The molecule has 0 aliphatic carbocycles. The summed E-state index contributed by atoms with van der Waals surface area (Å²) in [5, 5.41) is 18.3. The highest BCUT2D eigenvalue weighted by Gasteiger charge is 2.07. The molecule has 30 heavy (non-hydrogen) atoms. The predicted molar refractivity (Wildman–Crippen MR) is 121 cm³/mol. The van der Waals surface area contributed by atoms with Crippen LogP contribution in [0, 0.1) is 0 Å². The van der Waals surface area contributed by atoms with Crippen LogP contribution in [-0.2, 0) is 23.6 Å². The summed E-state index contributed by atoms with van der Waals surface area (Å²) in [4.78, 5) is 10.3. The fraction of sp³-hybridized carbons (Fsp3) is 0.864. The second-order valence-corrected chi connectivity index (χ2v) is 8.42. The van der Waals surface area contributed by atoms with Crippen molar-refractivity contribution in [2.24, 2.45) is 0 Å². The van der Waals surface area contributed by atoms with Gasteiger partial charge in [-0.3, -0.25) is 4.79 Å². The van der Waals surface area contributed by atoms with Gasteiger partial charge >= 0.3 is 16.4 Å². The van der Waals surface area contributed by atoms with Crippen LogP contribution in [0.25, 0.3) is 0 Å². The molecule has 0 aliphatic heterocycles. The maximum Gasteiger partial charge on any atom is 0.399 e. The van der Waals surface area contributed by atoms with Crippen molar-refractivity contribution in [1.82, 2.24) is 0 Å². The summed E-state index contributed by atoms with van der Waals surface area (Å²) >= 11 is 0. The zero-order valence-electron chi connectivity index (χ0n) is 19.2. The number of aliphatic hydroxyl groups excluding tert-OH is 1. The van der Waals surface area contributed by atoms with Crippen LogP contribution in [0.2, 0.25) is 0 Å². The second kappa shape index (κ2) is 22.7. The van der Waals surface area contributed by atoms with E-state index in [9.17, 15) is 18.3 Å². The molecule has 1 atom stereocenters. The molecule has 0 saturated heterocycles. The first-order chi connectivity index (χ1) is 14.3. The third-order valence-corrected chi connectivity index (χ3v) is 5.30. The van der Waals surface area contributed by atoms with E-state index in [4.69, 9.17) is 5.11 Å². The quantitative estimate of drug-likeness (QED) is 0.200. The first kappa shape index (κ1) is 31.2. The molecule has 0 radical (unpaired) electrons. The smallest absolute Gasteiger partial charge is 0.399 e. The summed E-state index contributed by atoms with van der Waals surface area (Å²) in [6, 6.07) is 0. The number of carbonyl (C=O) groups is 1. The number of unbranched alkanes of at least 4 members (excludes halogenated alkanes) is 8. The van der Waals surface area contributed by atoms with Gasteiger partial charge in [-0.1, -0.05) is 64.0 Å². The number of aliphatic carboxylic acids is 1. The highest BCUT2D eigenvalue weighted by Crippen LogP contribution is 2.10. The highest BCUT2D eigenvalue weighted by atomic mass is 32.3. The number of hydrogen-bond donors (Lipinski definition) is 2. The molecule has 0 spiro atoms. The molecule has 2 N–H and O–H groups in total. The molecular formula is C22H44O7S. The Morgan fingerprint density at radius 1 is 0.867 bits per heavy atom. The summed E-state index contributed by atoms with van der Waals surface area (Å²) in [5.41, 5.74) is 0. The van der Waals surface area contributed by atoms with Crippen LogP contribution in [0.5, 0.6) is 0 Å². The van der Waals surface area contributed by atoms with E-state index in [1.54, 1.807) is 13.8 Å². The molecule has 180 valence electrons. The Morgan fingerprint density at radius 3 is 2.00 bits per heavy atom. The summed E-state index contributed by atoms with van der Waals surface area (Å²) < 4.78 is 29.2. The van der Waals surface area contributed by atoms with E-state index in [0.29, 0.717) is 6.42 Å². The van der Waals surface area contributed by atoms with Crippen LogP contribution < -0.4 is 0 Å². The first-order valence-electron chi connectivity index (χ1n) is 11.4. The van der Waals surface area contributed by atoms with Gasteiger partial charge in [-0.05, 0) is 46.0 Å². The molecule has 0 aliphatic rings. The molecule has 0 unspecified atom stereocenters. The monoisotopic (exact) mass is 452 g/mol. The lowest BCUT2D eigenvalue weighted by atomic mass is 10.1. The van der Waals surface area contributed by atoms with Gasteiger partial charge in [0.1, 0.15) is 0 Å². The Kier molecular flexibility index (Phi) is 23.6. The Morgan fingerprint density at radius 2 is 1.43 bits per heavy atom. The molecular weight excluding hydrogens is 408 g/mol. The molecule has 0 rings (SSSR count). The van der Waals surface area contributed by atoms with Gasteiger partial charge in [0.2, 0.25) is 0 Å². The summed E-state index contributed by atoms with van der Waals surface area (Å²) in [6.07, 6.45) is 17.4. The average Bonchev–Trinajstić information content (AvgIpc) is 2.67. The lowest BCUT2D eigenvalue weighted by Gasteiger charge is -2.07. The van der Waals surface area contributed by atoms with E-state index in [0.717, 1.165) is 51.4 Å². The van der Waals surface area contributed by atoms with Crippen molar-refractivity contribution >= 4 is 16.4 Å². The van der Waals surface area contributed by atoms with Crippen LogP contribution in [0.3, 0.4) is 0 Å². The molecule has 8 heteroatoms. The molecule has 0 aromatic heterocycles. The lowest BCUT2D eigenvalue weighted by molar-refractivity contribution is -0.137. The van der Waals surface area contributed by atoms with Crippen molar-refractivity contribution in [3.63, 3.8) is 0 Å². The molecule has 0 amide bonds. The Hall–Kier alpha value is -0.960. The first-order valence-corrected chi connectivity index (χ1v) is 12.7. The molecule has 0 aromatic carbocycles. The Bertz CT molecular complexity index is 492. The number of aliphatic hydroxyl groups is 1. The minimum absolute atomic E-state index is 0.113. The largest absolute Gasteiger partial charge is 0.481 e. The number of allylic oxidation sites excluding steroid dienone is 1. The standard InChI is InChI=1S/C18H34O3.C4H10O4S/c1-2-3-4-11-14-17(19)15-12-9-7-5-6-8-10-13-16-18(20)21;1-3-7-9(5,6)8-4-2/h9,12,17,19H,2-8,10-11,13-16H2,1H3,(H,20,21);3-4H2,1-2H3/b12-9-;/t17-;/m1./s1. The van der Waals surface area contributed by atoms with Crippen LogP contribution in [-0.4, -0.2) is 43.9 Å². The number of carboxylic acid groups (broad SMARTS) is 1. The average molecular weight is 453 g/mol. The van der Waals surface area contributed by atoms with Crippen LogP contribution in [0.15, 0.2) is 12.2 Å². The summed E-state index contributed by atoms with van der Waals surface area (Å²) in [5.74, 6) is -0.689. The highest BCUT2D eigenvalue weighted by molar-refractivity contribution is 7.81. The summed E-state index contributed by atoms with van der Waals surface area (Å²) in [6.45, 7) is 5.59. The van der Waals surface area contributed by atoms with E-state index in [2.05, 4.69) is 27.4 Å². The van der Waals surface area contributed by atoms with Crippen molar-refractivity contribution in [1.29, 1.82) is 0 Å². The molecule has 0 fully saturated rings. The molecule has 0 heterocycles. The summed E-state index contributed by atoms with van der Waals surface area (Å²) in [7, 11) is -3.68. The van der Waals surface area contributed by atoms with Gasteiger partial charge in [0.25, 0.3) is 0 Å². The van der Waals surface area contributed by atoms with Gasteiger partial charge in [0.05, 0.1) is 19.3 Å². The minimum Gasteiger partial charge on any atom is -0.481 e. The second-order valence-electron chi connectivity index (χ2n) is 7.13. The third kappa shape index (κ3) is 27.0. The van der Waals surface area contributed by atoms with Gasteiger partial charge in [0, 0.05) is 6.42 Å². The van der Waals surface area contributed by atoms with Crippen molar-refractivity contribution in [3.05, 3.63) is 12.2 Å². The molecule has 0 aromatic rings. The number of rotatable bonds is 19. The van der Waals surface area contributed by atoms with Crippen LogP contribution >= 0.6 is 0 Å². The van der Waals surface area contributed by atoms with E-state index < -0.39 is 16.4 Å². The molecule has 0 bridgehead atoms. The Balaban J connectivity index is 0. The van der Waals surface area contributed by atoms with Crippen molar-refractivity contribution in [2.75, 3.05) is 13.2 Å². The van der Waals surface area contributed by atoms with Gasteiger partial charge < -0.3 is 10.2 Å². The van der Waals surface area contributed by atoms with E-state index in [1.165, 1.54) is 25.7 Å². The lowest BCUT2D eigenvalue weighted by Crippen LogP contribution is -2.09. The minimum atomic E-state index is -3.68. The predicted octanol–water partition coefficient (Wildman–Crippen LogP) is 5.38. The van der Waals surface area contributed by atoms with Crippen LogP contribution in [0.1, 0.15) is 104 Å². The fourth-order valence-electron chi connectivity index (χ4n) is 2.69. The van der Waals surface area contributed by atoms with E-state index in [-0.39, 0.29) is 19.3 Å². The van der Waals surface area contributed by atoms with Gasteiger partial charge in [-0.2, -0.15) is 8.42 Å². The van der Waals surface area contributed by atoms with Crippen molar-refractivity contribution in [2.45, 2.75) is 110 Å². The molecule has 0 saturated carbocycles. The van der Waals surface area contributed by atoms with E-state index >= 15 is 0 Å². The zero-order valence-corrected chi connectivity index (χ0v) is 20.0. The SMILES string of the molecule is CCCCCC[C@@H](O)C/C=C\CCCCCCCC(=O)O.CCOS(=O)(=O)OCC. The van der Waals surface area contributed by atoms with Crippen LogP contribution in [0.4, 0.5) is 0 Å². The Labute approximate surface area is 184 Å². The number of hydrogen-bond acceptors (Lipinski definition) is 6. The fourth-order valence-corrected chi connectivity index (χ4v) is 3.33.